The van der Waals surface area contributed by atoms with Gasteiger partial charge in [-0.15, -0.1) is 0 Å². The van der Waals surface area contributed by atoms with Crippen LogP contribution in [0.15, 0.2) is 0 Å². The molecule has 0 aromatic rings. The lowest BCUT2D eigenvalue weighted by Gasteiger charge is -2.25. The van der Waals surface area contributed by atoms with Crippen LogP contribution in [0.25, 0.3) is 0 Å². The molecule has 1 amide bonds. The molecule has 84 valence electrons. The Kier molecular flexibility index (Phi) is 5.77. The van der Waals surface area contributed by atoms with Crippen LogP contribution in [0.2, 0.25) is 0 Å². The molecule has 3 nitrogen and oxygen atoms in total. The van der Waals surface area contributed by atoms with Gasteiger partial charge in [-0.2, -0.15) is 0 Å². The summed E-state index contributed by atoms with van der Waals surface area (Å²) < 4.78 is 0. The van der Waals surface area contributed by atoms with Gasteiger partial charge in [-0.3, -0.25) is 4.79 Å². The van der Waals surface area contributed by atoms with Crippen molar-refractivity contribution in [1.29, 1.82) is 0 Å². The molecule has 0 saturated heterocycles. The molecule has 1 unspecified atom stereocenters. The predicted octanol–water partition coefficient (Wildman–Crippen LogP) is 1.47. The van der Waals surface area contributed by atoms with Gasteiger partial charge in [0.05, 0.1) is 6.04 Å². The highest BCUT2D eigenvalue weighted by molar-refractivity contribution is 5.81. The highest BCUT2D eigenvalue weighted by Crippen LogP contribution is 2.06. The molecule has 0 aromatic heterocycles. The van der Waals surface area contributed by atoms with Gasteiger partial charge in [0.25, 0.3) is 0 Å². The van der Waals surface area contributed by atoms with Gasteiger partial charge in [-0.05, 0) is 11.8 Å². The fourth-order valence-electron chi connectivity index (χ4n) is 1.23. The SMILES string of the molecule is CCC(C)CN(C)C(=O)[C@H](N)C(C)C. The Labute approximate surface area is 87.6 Å². The van der Waals surface area contributed by atoms with Crippen molar-refractivity contribution in [2.24, 2.45) is 17.6 Å². The van der Waals surface area contributed by atoms with E-state index < -0.39 is 0 Å². The molecule has 0 fully saturated rings. The van der Waals surface area contributed by atoms with E-state index >= 15 is 0 Å². The average Bonchev–Trinajstić information content (AvgIpc) is 2.14. The molecule has 0 aliphatic rings. The molecule has 0 aromatic carbocycles. The zero-order chi connectivity index (χ0) is 11.3. The topological polar surface area (TPSA) is 46.3 Å². The van der Waals surface area contributed by atoms with Crippen molar-refractivity contribution in [3.8, 4) is 0 Å². The lowest BCUT2D eigenvalue weighted by atomic mass is 10.0. The zero-order valence-electron chi connectivity index (χ0n) is 10.1. The molecule has 0 aliphatic heterocycles. The van der Waals surface area contributed by atoms with Crippen LogP contribution in [0.5, 0.6) is 0 Å². The van der Waals surface area contributed by atoms with Crippen LogP contribution in [-0.2, 0) is 4.79 Å². The molecule has 0 radical (unpaired) electrons. The first-order valence-electron chi connectivity index (χ1n) is 5.40. The van der Waals surface area contributed by atoms with Gasteiger partial charge in [0.1, 0.15) is 0 Å². The second-order valence-electron chi connectivity index (χ2n) is 4.50. The lowest BCUT2D eigenvalue weighted by molar-refractivity contribution is -0.132. The third kappa shape index (κ3) is 4.09. The van der Waals surface area contributed by atoms with E-state index in [0.29, 0.717) is 5.92 Å². The normalized spacial score (nSPS) is 15.4. The van der Waals surface area contributed by atoms with E-state index in [4.69, 9.17) is 5.73 Å². The largest absolute Gasteiger partial charge is 0.344 e. The molecule has 14 heavy (non-hydrogen) atoms. The minimum atomic E-state index is -0.357. The monoisotopic (exact) mass is 200 g/mol. The molecule has 0 aliphatic carbocycles. The Morgan fingerprint density at radius 2 is 1.86 bits per heavy atom. The number of hydrogen-bond acceptors (Lipinski definition) is 2. The molecular weight excluding hydrogens is 176 g/mol. The Bertz CT molecular complexity index is 180. The Morgan fingerprint density at radius 3 is 2.21 bits per heavy atom. The standard InChI is InChI=1S/C11H24N2O/c1-6-9(4)7-13(5)11(14)10(12)8(2)3/h8-10H,6-7,12H2,1-5H3/t9?,10-/m1/s1. The number of hydrogen-bond donors (Lipinski definition) is 1. The fraction of sp³-hybridized carbons (Fsp3) is 0.909. The Morgan fingerprint density at radius 1 is 1.36 bits per heavy atom. The minimum absolute atomic E-state index is 0.0558. The van der Waals surface area contributed by atoms with Gasteiger partial charge in [0.15, 0.2) is 0 Å². The third-order valence-corrected chi connectivity index (χ3v) is 2.66. The molecule has 0 bridgehead atoms. The van der Waals surface area contributed by atoms with E-state index in [1.807, 2.05) is 20.9 Å². The third-order valence-electron chi connectivity index (χ3n) is 2.66. The zero-order valence-corrected chi connectivity index (χ0v) is 10.1. The van der Waals surface area contributed by atoms with E-state index in [-0.39, 0.29) is 17.9 Å². The summed E-state index contributed by atoms with van der Waals surface area (Å²) in [6.45, 7) is 9.02. The summed E-state index contributed by atoms with van der Waals surface area (Å²) in [6, 6.07) is -0.357. The van der Waals surface area contributed by atoms with Gasteiger partial charge in [0.2, 0.25) is 5.91 Å². The van der Waals surface area contributed by atoms with Crippen LogP contribution < -0.4 is 5.73 Å². The first-order valence-corrected chi connectivity index (χ1v) is 5.40. The summed E-state index contributed by atoms with van der Waals surface area (Å²) in [7, 11) is 1.83. The van der Waals surface area contributed by atoms with Crippen LogP contribution in [0.1, 0.15) is 34.1 Å². The van der Waals surface area contributed by atoms with E-state index in [1.165, 1.54) is 0 Å². The molecule has 0 saturated carbocycles. The molecule has 2 N–H and O–H groups in total. The molecule has 0 heterocycles. The second-order valence-corrected chi connectivity index (χ2v) is 4.50. The number of amides is 1. The average molecular weight is 200 g/mol. The van der Waals surface area contributed by atoms with Crippen molar-refractivity contribution < 1.29 is 4.79 Å². The van der Waals surface area contributed by atoms with Crippen LogP contribution in [0.3, 0.4) is 0 Å². The van der Waals surface area contributed by atoms with Gasteiger partial charge in [-0.25, -0.2) is 0 Å². The highest BCUT2D eigenvalue weighted by atomic mass is 16.2. The summed E-state index contributed by atoms with van der Waals surface area (Å²) in [6.07, 6.45) is 1.09. The molecule has 3 heteroatoms. The molecular formula is C11H24N2O. The minimum Gasteiger partial charge on any atom is -0.344 e. The van der Waals surface area contributed by atoms with Gasteiger partial charge in [0, 0.05) is 13.6 Å². The van der Waals surface area contributed by atoms with Crippen LogP contribution >= 0.6 is 0 Å². The summed E-state index contributed by atoms with van der Waals surface area (Å²) in [4.78, 5) is 13.5. The molecule has 0 spiro atoms. The van der Waals surface area contributed by atoms with Crippen LogP contribution in [0, 0.1) is 11.8 Å². The summed E-state index contributed by atoms with van der Waals surface area (Å²) in [5.41, 5.74) is 5.79. The summed E-state index contributed by atoms with van der Waals surface area (Å²) >= 11 is 0. The van der Waals surface area contributed by atoms with Crippen molar-refractivity contribution in [1.82, 2.24) is 4.90 Å². The number of nitrogens with zero attached hydrogens (tertiary/aromatic N) is 1. The molecule has 2 atom stereocenters. The van der Waals surface area contributed by atoms with Gasteiger partial charge >= 0.3 is 0 Å². The maximum Gasteiger partial charge on any atom is 0.239 e. The van der Waals surface area contributed by atoms with Crippen molar-refractivity contribution in [2.45, 2.75) is 40.2 Å². The summed E-state index contributed by atoms with van der Waals surface area (Å²) in [5, 5.41) is 0. The Hall–Kier alpha value is -0.570. The maximum absolute atomic E-state index is 11.7. The van der Waals surface area contributed by atoms with E-state index in [0.717, 1.165) is 13.0 Å². The van der Waals surface area contributed by atoms with Crippen LogP contribution in [-0.4, -0.2) is 30.4 Å². The van der Waals surface area contributed by atoms with Crippen molar-refractivity contribution in [2.75, 3.05) is 13.6 Å². The lowest BCUT2D eigenvalue weighted by Crippen LogP contribution is -2.46. The number of likely N-dealkylation sites (N-methyl/N-ethyl adjacent to an activating group) is 1. The first-order chi connectivity index (χ1) is 6.40. The smallest absolute Gasteiger partial charge is 0.239 e. The number of carbonyl (C=O) groups is 1. The number of nitrogens with two attached hydrogens (primary N) is 1. The fourth-order valence-corrected chi connectivity index (χ4v) is 1.23. The highest BCUT2D eigenvalue weighted by Gasteiger charge is 2.21. The summed E-state index contributed by atoms with van der Waals surface area (Å²) in [5.74, 6) is 0.811. The van der Waals surface area contributed by atoms with Crippen molar-refractivity contribution in [3.63, 3.8) is 0 Å². The van der Waals surface area contributed by atoms with E-state index in [9.17, 15) is 4.79 Å². The predicted molar refractivity (Wildman–Crippen MR) is 59.9 cm³/mol. The second kappa shape index (κ2) is 6.02. The van der Waals surface area contributed by atoms with Gasteiger partial charge < -0.3 is 10.6 Å². The van der Waals surface area contributed by atoms with Crippen molar-refractivity contribution in [3.05, 3.63) is 0 Å². The number of carbonyl (C=O) groups excluding carboxylic acids is 1. The molecule has 0 rings (SSSR count). The first kappa shape index (κ1) is 13.4. The van der Waals surface area contributed by atoms with E-state index in [2.05, 4.69) is 13.8 Å². The van der Waals surface area contributed by atoms with Crippen molar-refractivity contribution >= 4 is 5.91 Å². The van der Waals surface area contributed by atoms with Gasteiger partial charge in [-0.1, -0.05) is 34.1 Å². The quantitative estimate of drug-likeness (QED) is 0.730. The van der Waals surface area contributed by atoms with Crippen LogP contribution in [0.4, 0.5) is 0 Å². The number of rotatable bonds is 5. The maximum atomic E-state index is 11.7. The van der Waals surface area contributed by atoms with E-state index in [1.54, 1.807) is 4.90 Å². The Balaban J connectivity index is 4.11.